The third-order valence-electron chi connectivity index (χ3n) is 2.16. The molecule has 0 N–H and O–H groups in total. The average Bonchev–Trinajstić information content (AvgIpc) is 2.15. The van der Waals surface area contributed by atoms with Crippen LogP contribution in [-0.4, -0.2) is 23.9 Å². The van der Waals surface area contributed by atoms with Gasteiger partial charge in [0.2, 0.25) is 5.91 Å². The SMILES string of the molecule is CCC=CC(=O)N1CCCCC1. The van der Waals surface area contributed by atoms with Crippen molar-refractivity contribution in [1.29, 1.82) is 0 Å². The number of hydrogen-bond acceptors (Lipinski definition) is 1. The molecule has 0 aromatic heterocycles. The summed E-state index contributed by atoms with van der Waals surface area (Å²) < 4.78 is 0. The van der Waals surface area contributed by atoms with Gasteiger partial charge in [0.25, 0.3) is 0 Å². The lowest BCUT2D eigenvalue weighted by molar-refractivity contribution is -0.126. The Morgan fingerprint density at radius 2 is 2.00 bits per heavy atom. The minimum Gasteiger partial charge on any atom is -0.339 e. The monoisotopic (exact) mass is 167 g/mol. The van der Waals surface area contributed by atoms with Gasteiger partial charge < -0.3 is 4.90 Å². The lowest BCUT2D eigenvalue weighted by Crippen LogP contribution is -2.34. The van der Waals surface area contributed by atoms with Crippen LogP contribution in [0.5, 0.6) is 0 Å². The summed E-state index contributed by atoms with van der Waals surface area (Å²) in [6.45, 7) is 3.94. The number of likely N-dealkylation sites (tertiary alicyclic amines) is 1. The first-order valence-corrected chi connectivity index (χ1v) is 4.80. The van der Waals surface area contributed by atoms with Crippen molar-refractivity contribution in [2.24, 2.45) is 0 Å². The third-order valence-corrected chi connectivity index (χ3v) is 2.16. The highest BCUT2D eigenvalue weighted by atomic mass is 16.2. The summed E-state index contributed by atoms with van der Waals surface area (Å²) in [5.74, 6) is 0.191. The molecule has 0 spiro atoms. The largest absolute Gasteiger partial charge is 0.339 e. The van der Waals surface area contributed by atoms with Crippen LogP contribution in [0.4, 0.5) is 0 Å². The van der Waals surface area contributed by atoms with Crippen LogP contribution in [0.3, 0.4) is 0 Å². The Balaban J connectivity index is 2.34. The highest BCUT2D eigenvalue weighted by molar-refractivity contribution is 5.87. The Bertz CT molecular complexity index is 169. The van der Waals surface area contributed by atoms with Crippen LogP contribution in [0.15, 0.2) is 12.2 Å². The molecule has 2 nitrogen and oxygen atoms in total. The van der Waals surface area contributed by atoms with E-state index in [2.05, 4.69) is 0 Å². The summed E-state index contributed by atoms with van der Waals surface area (Å²) >= 11 is 0. The van der Waals surface area contributed by atoms with E-state index in [4.69, 9.17) is 0 Å². The van der Waals surface area contributed by atoms with Crippen molar-refractivity contribution in [3.63, 3.8) is 0 Å². The molecule has 68 valence electrons. The molecule has 1 heterocycles. The van der Waals surface area contributed by atoms with Crippen LogP contribution in [0.2, 0.25) is 0 Å². The molecule has 1 rings (SSSR count). The summed E-state index contributed by atoms with van der Waals surface area (Å²) in [5.41, 5.74) is 0. The average molecular weight is 167 g/mol. The minimum atomic E-state index is 0.191. The molecule has 1 aliphatic rings. The molecule has 1 fully saturated rings. The fourth-order valence-electron chi connectivity index (χ4n) is 1.44. The Morgan fingerprint density at radius 1 is 1.33 bits per heavy atom. The first-order valence-electron chi connectivity index (χ1n) is 4.80. The Kier molecular flexibility index (Phi) is 3.85. The van der Waals surface area contributed by atoms with Gasteiger partial charge in [-0.15, -0.1) is 0 Å². The number of rotatable bonds is 2. The Hall–Kier alpha value is -0.790. The highest BCUT2D eigenvalue weighted by Gasteiger charge is 2.12. The number of piperidine rings is 1. The number of allylic oxidation sites excluding steroid dienone is 1. The Labute approximate surface area is 74.2 Å². The number of hydrogen-bond donors (Lipinski definition) is 0. The second kappa shape index (κ2) is 4.96. The Morgan fingerprint density at radius 3 is 2.58 bits per heavy atom. The van der Waals surface area contributed by atoms with Gasteiger partial charge in [0.05, 0.1) is 0 Å². The minimum absolute atomic E-state index is 0.191. The predicted molar refractivity (Wildman–Crippen MR) is 49.9 cm³/mol. The number of carbonyl (C=O) groups is 1. The summed E-state index contributed by atoms with van der Waals surface area (Å²) in [5, 5.41) is 0. The van der Waals surface area contributed by atoms with E-state index in [-0.39, 0.29) is 5.91 Å². The van der Waals surface area contributed by atoms with Gasteiger partial charge in [0.15, 0.2) is 0 Å². The van der Waals surface area contributed by atoms with E-state index < -0.39 is 0 Å². The normalized spacial score (nSPS) is 18.6. The maximum absolute atomic E-state index is 11.4. The van der Waals surface area contributed by atoms with Gasteiger partial charge in [-0.3, -0.25) is 4.79 Å². The molecule has 0 unspecified atom stereocenters. The molecule has 0 radical (unpaired) electrons. The van der Waals surface area contributed by atoms with Crippen LogP contribution >= 0.6 is 0 Å². The summed E-state index contributed by atoms with van der Waals surface area (Å²) in [6, 6.07) is 0. The van der Waals surface area contributed by atoms with Gasteiger partial charge in [-0.1, -0.05) is 13.0 Å². The second-order valence-corrected chi connectivity index (χ2v) is 3.20. The van der Waals surface area contributed by atoms with Gasteiger partial charge in [0.1, 0.15) is 0 Å². The molecule has 0 atom stereocenters. The molecule has 0 saturated carbocycles. The van der Waals surface area contributed by atoms with Crippen molar-refractivity contribution in [3.8, 4) is 0 Å². The van der Waals surface area contributed by atoms with Gasteiger partial charge in [-0.25, -0.2) is 0 Å². The zero-order valence-corrected chi connectivity index (χ0v) is 7.75. The van der Waals surface area contributed by atoms with E-state index in [1.54, 1.807) is 6.08 Å². The molecule has 0 aromatic carbocycles. The third kappa shape index (κ3) is 2.68. The van der Waals surface area contributed by atoms with E-state index in [1.165, 1.54) is 19.3 Å². The lowest BCUT2D eigenvalue weighted by atomic mass is 10.1. The number of amides is 1. The summed E-state index contributed by atoms with van der Waals surface area (Å²) in [4.78, 5) is 13.3. The first-order chi connectivity index (χ1) is 5.84. The van der Waals surface area contributed by atoms with E-state index in [0.717, 1.165) is 19.5 Å². The van der Waals surface area contributed by atoms with Crippen LogP contribution in [0.25, 0.3) is 0 Å². The van der Waals surface area contributed by atoms with Gasteiger partial charge in [-0.2, -0.15) is 0 Å². The highest BCUT2D eigenvalue weighted by Crippen LogP contribution is 2.08. The van der Waals surface area contributed by atoms with E-state index in [0.29, 0.717) is 0 Å². The quantitative estimate of drug-likeness (QED) is 0.576. The van der Waals surface area contributed by atoms with Crippen LogP contribution < -0.4 is 0 Å². The maximum atomic E-state index is 11.4. The van der Waals surface area contributed by atoms with Crippen molar-refractivity contribution < 1.29 is 4.79 Å². The van der Waals surface area contributed by atoms with E-state index in [9.17, 15) is 4.79 Å². The summed E-state index contributed by atoms with van der Waals surface area (Å²) in [7, 11) is 0. The van der Waals surface area contributed by atoms with Crippen molar-refractivity contribution in [1.82, 2.24) is 4.90 Å². The molecule has 1 aliphatic heterocycles. The molecule has 0 aliphatic carbocycles. The summed E-state index contributed by atoms with van der Waals surface area (Å²) in [6.07, 6.45) is 8.19. The fourth-order valence-corrected chi connectivity index (χ4v) is 1.44. The van der Waals surface area contributed by atoms with Crippen LogP contribution in [0.1, 0.15) is 32.6 Å². The molecule has 1 amide bonds. The predicted octanol–water partition coefficient (Wildman–Crippen LogP) is 1.97. The zero-order valence-electron chi connectivity index (χ0n) is 7.75. The molecular formula is C10H17NO. The van der Waals surface area contributed by atoms with Crippen LogP contribution in [-0.2, 0) is 4.79 Å². The molecule has 0 aromatic rings. The molecular weight excluding hydrogens is 150 g/mol. The number of carbonyl (C=O) groups excluding carboxylic acids is 1. The van der Waals surface area contributed by atoms with Gasteiger partial charge >= 0.3 is 0 Å². The molecule has 1 saturated heterocycles. The standard InChI is InChI=1S/C10H17NO/c1-2-3-7-10(12)11-8-5-4-6-9-11/h3,7H,2,4-6,8-9H2,1H3. The maximum Gasteiger partial charge on any atom is 0.246 e. The topological polar surface area (TPSA) is 20.3 Å². The first kappa shape index (κ1) is 9.30. The van der Waals surface area contributed by atoms with Crippen molar-refractivity contribution >= 4 is 5.91 Å². The second-order valence-electron chi connectivity index (χ2n) is 3.20. The zero-order chi connectivity index (χ0) is 8.81. The van der Waals surface area contributed by atoms with Crippen molar-refractivity contribution in [3.05, 3.63) is 12.2 Å². The van der Waals surface area contributed by atoms with E-state index in [1.807, 2.05) is 17.9 Å². The van der Waals surface area contributed by atoms with Gasteiger partial charge in [0, 0.05) is 13.1 Å². The molecule has 12 heavy (non-hydrogen) atoms. The number of nitrogens with zero attached hydrogens (tertiary/aromatic N) is 1. The molecule has 2 heteroatoms. The smallest absolute Gasteiger partial charge is 0.246 e. The van der Waals surface area contributed by atoms with Crippen molar-refractivity contribution in [2.75, 3.05) is 13.1 Å². The van der Waals surface area contributed by atoms with Crippen LogP contribution in [0, 0.1) is 0 Å². The van der Waals surface area contributed by atoms with Gasteiger partial charge in [-0.05, 0) is 31.8 Å². The lowest BCUT2D eigenvalue weighted by Gasteiger charge is -2.25. The van der Waals surface area contributed by atoms with E-state index >= 15 is 0 Å². The van der Waals surface area contributed by atoms with Crippen molar-refractivity contribution in [2.45, 2.75) is 32.6 Å². The fraction of sp³-hybridized carbons (Fsp3) is 0.700. The molecule has 0 bridgehead atoms.